The van der Waals surface area contributed by atoms with Gasteiger partial charge in [-0.2, -0.15) is 24.9 Å². The Morgan fingerprint density at radius 2 is 2.20 bits per heavy atom. The summed E-state index contributed by atoms with van der Waals surface area (Å²) in [6, 6.07) is 3.08. The molecule has 1 unspecified atom stereocenters. The second kappa shape index (κ2) is 6.39. The van der Waals surface area contributed by atoms with Crippen LogP contribution < -0.4 is 5.32 Å². The molecule has 1 aromatic rings. The van der Waals surface area contributed by atoms with Gasteiger partial charge in [0, 0.05) is 16.3 Å². The van der Waals surface area contributed by atoms with E-state index in [9.17, 15) is 18.0 Å². The van der Waals surface area contributed by atoms with Crippen LogP contribution in [0.4, 0.5) is 13.2 Å². The number of thioether (sulfide) groups is 1. The summed E-state index contributed by atoms with van der Waals surface area (Å²) in [5, 5.41) is 3.07. The lowest BCUT2D eigenvalue weighted by molar-refractivity contribution is -0.137. The van der Waals surface area contributed by atoms with Crippen LogP contribution in [0.15, 0.2) is 22.7 Å². The van der Waals surface area contributed by atoms with E-state index in [0.717, 1.165) is 30.7 Å². The summed E-state index contributed by atoms with van der Waals surface area (Å²) >= 11 is 4.90. The molecule has 1 heterocycles. The van der Waals surface area contributed by atoms with Crippen LogP contribution in [0.3, 0.4) is 0 Å². The van der Waals surface area contributed by atoms with Crippen LogP contribution >= 0.6 is 27.7 Å². The smallest absolute Gasteiger partial charge is 0.351 e. The normalized spacial score (nSPS) is 19.1. The van der Waals surface area contributed by atoms with Crippen molar-refractivity contribution in [1.82, 2.24) is 5.32 Å². The summed E-state index contributed by atoms with van der Waals surface area (Å²) in [5.74, 6) is 0.601. The van der Waals surface area contributed by atoms with Crippen molar-refractivity contribution in [2.24, 2.45) is 0 Å². The maximum atomic E-state index is 12.6. The predicted octanol–water partition coefficient (Wildman–Crippen LogP) is 4.09. The van der Waals surface area contributed by atoms with Crippen molar-refractivity contribution in [1.29, 1.82) is 0 Å². The van der Waals surface area contributed by atoms with Crippen LogP contribution in [-0.4, -0.2) is 23.5 Å². The number of hydrogen-bond acceptors (Lipinski definition) is 2. The first kappa shape index (κ1) is 15.7. The molecule has 20 heavy (non-hydrogen) atoms. The number of carbonyl (C=O) groups is 1. The standard InChI is InChI=1S/C13H13BrF3NOS/c14-11-4-3-8(13(15,16)17)6-10(11)12(19)18-7-9-2-1-5-20-9/h3-4,6,9H,1-2,5,7H2,(H,18,19). The summed E-state index contributed by atoms with van der Waals surface area (Å²) in [6.07, 6.45) is -2.29. The summed E-state index contributed by atoms with van der Waals surface area (Å²) in [5.41, 5.74) is -0.802. The molecule has 2 rings (SSSR count). The van der Waals surface area contributed by atoms with Gasteiger partial charge in [0.2, 0.25) is 0 Å². The Balaban J connectivity index is 2.08. The minimum atomic E-state index is -4.45. The summed E-state index contributed by atoms with van der Waals surface area (Å²) in [7, 11) is 0. The van der Waals surface area contributed by atoms with Gasteiger partial charge in [0.25, 0.3) is 5.91 Å². The third-order valence-electron chi connectivity index (χ3n) is 3.05. The number of benzene rings is 1. The van der Waals surface area contributed by atoms with Crippen molar-refractivity contribution in [3.8, 4) is 0 Å². The van der Waals surface area contributed by atoms with Crippen LogP contribution in [0, 0.1) is 0 Å². The minimum absolute atomic E-state index is 0.0165. The third-order valence-corrected chi connectivity index (χ3v) is 5.14. The molecule has 1 amide bonds. The number of nitrogens with one attached hydrogen (secondary N) is 1. The molecular formula is C13H13BrF3NOS. The van der Waals surface area contributed by atoms with Gasteiger partial charge in [-0.3, -0.25) is 4.79 Å². The molecule has 1 N–H and O–H groups in total. The molecule has 0 spiro atoms. The highest BCUT2D eigenvalue weighted by Crippen LogP contribution is 2.32. The Labute approximate surface area is 127 Å². The number of hydrogen-bond donors (Lipinski definition) is 1. The molecule has 1 fully saturated rings. The summed E-state index contributed by atoms with van der Waals surface area (Å²) < 4.78 is 38.3. The molecule has 110 valence electrons. The fourth-order valence-corrected chi connectivity index (χ4v) is 3.61. The van der Waals surface area contributed by atoms with Crippen LogP contribution in [0.5, 0.6) is 0 Å². The van der Waals surface area contributed by atoms with Crippen molar-refractivity contribution in [2.75, 3.05) is 12.3 Å². The van der Waals surface area contributed by atoms with E-state index >= 15 is 0 Å². The van der Waals surface area contributed by atoms with Crippen molar-refractivity contribution in [3.63, 3.8) is 0 Å². The van der Waals surface area contributed by atoms with E-state index in [1.807, 2.05) is 0 Å². The highest BCUT2D eigenvalue weighted by Gasteiger charge is 2.31. The van der Waals surface area contributed by atoms with Gasteiger partial charge in [-0.15, -0.1) is 0 Å². The van der Waals surface area contributed by atoms with Crippen LogP contribution in [0.25, 0.3) is 0 Å². The second-order valence-corrected chi connectivity index (χ2v) is 6.80. The number of carbonyl (C=O) groups excluding carboxylic acids is 1. The maximum Gasteiger partial charge on any atom is 0.416 e. The predicted molar refractivity (Wildman–Crippen MR) is 77.0 cm³/mol. The van der Waals surface area contributed by atoms with Crippen molar-refractivity contribution in [3.05, 3.63) is 33.8 Å². The average Bonchev–Trinajstić information content (AvgIpc) is 2.88. The molecule has 0 saturated carbocycles. The van der Waals surface area contributed by atoms with Gasteiger partial charge in [0.1, 0.15) is 0 Å². The minimum Gasteiger partial charge on any atom is -0.351 e. The molecular weight excluding hydrogens is 355 g/mol. The van der Waals surface area contributed by atoms with Crippen molar-refractivity contribution < 1.29 is 18.0 Å². The molecule has 1 aliphatic heterocycles. The zero-order valence-electron chi connectivity index (χ0n) is 10.5. The van der Waals surface area contributed by atoms with Gasteiger partial charge in [0.15, 0.2) is 0 Å². The van der Waals surface area contributed by atoms with Crippen molar-refractivity contribution in [2.45, 2.75) is 24.3 Å². The zero-order chi connectivity index (χ0) is 14.8. The van der Waals surface area contributed by atoms with Gasteiger partial charge in [-0.05, 0) is 52.7 Å². The molecule has 0 radical (unpaired) electrons. The van der Waals surface area contributed by atoms with Crippen LogP contribution in [0.2, 0.25) is 0 Å². The Morgan fingerprint density at radius 3 is 2.80 bits per heavy atom. The largest absolute Gasteiger partial charge is 0.416 e. The molecule has 0 aromatic heterocycles. The Bertz CT molecular complexity index is 501. The van der Waals surface area contributed by atoms with Gasteiger partial charge >= 0.3 is 6.18 Å². The topological polar surface area (TPSA) is 29.1 Å². The molecule has 1 saturated heterocycles. The molecule has 1 aromatic carbocycles. The average molecular weight is 368 g/mol. The fraction of sp³-hybridized carbons (Fsp3) is 0.462. The van der Waals surface area contributed by atoms with E-state index in [2.05, 4.69) is 21.2 Å². The summed E-state index contributed by atoms with van der Waals surface area (Å²) in [4.78, 5) is 12.0. The molecule has 7 heteroatoms. The fourth-order valence-electron chi connectivity index (χ4n) is 1.98. The number of alkyl halides is 3. The first-order valence-electron chi connectivity index (χ1n) is 6.14. The second-order valence-electron chi connectivity index (χ2n) is 4.54. The number of halogens is 4. The SMILES string of the molecule is O=C(NCC1CCCS1)c1cc(C(F)(F)F)ccc1Br. The van der Waals surface area contributed by atoms with Crippen LogP contribution in [-0.2, 0) is 6.18 Å². The van der Waals surface area contributed by atoms with E-state index in [1.165, 1.54) is 6.07 Å². The number of rotatable bonds is 3. The molecule has 0 aliphatic carbocycles. The monoisotopic (exact) mass is 367 g/mol. The van der Waals surface area contributed by atoms with Gasteiger partial charge in [-0.25, -0.2) is 0 Å². The summed E-state index contributed by atoms with van der Waals surface area (Å²) in [6.45, 7) is 0.492. The highest BCUT2D eigenvalue weighted by atomic mass is 79.9. The van der Waals surface area contributed by atoms with E-state index in [-0.39, 0.29) is 5.56 Å². The van der Waals surface area contributed by atoms with E-state index in [4.69, 9.17) is 0 Å². The van der Waals surface area contributed by atoms with E-state index < -0.39 is 17.6 Å². The zero-order valence-corrected chi connectivity index (χ0v) is 12.9. The van der Waals surface area contributed by atoms with Gasteiger partial charge in [0.05, 0.1) is 11.1 Å². The molecule has 0 bridgehead atoms. The van der Waals surface area contributed by atoms with Gasteiger partial charge in [-0.1, -0.05) is 0 Å². The Morgan fingerprint density at radius 1 is 1.45 bits per heavy atom. The Hall–Kier alpha value is -0.690. The first-order valence-corrected chi connectivity index (χ1v) is 7.98. The maximum absolute atomic E-state index is 12.6. The van der Waals surface area contributed by atoms with Gasteiger partial charge < -0.3 is 5.32 Å². The first-order chi connectivity index (χ1) is 9.38. The van der Waals surface area contributed by atoms with Crippen LogP contribution in [0.1, 0.15) is 28.8 Å². The molecule has 2 nitrogen and oxygen atoms in total. The number of amides is 1. The lowest BCUT2D eigenvalue weighted by atomic mass is 10.1. The lowest BCUT2D eigenvalue weighted by Crippen LogP contribution is -2.30. The Kier molecular flexibility index (Phi) is 5.01. The lowest BCUT2D eigenvalue weighted by Gasteiger charge is -2.13. The van der Waals surface area contributed by atoms with Crippen molar-refractivity contribution >= 4 is 33.6 Å². The van der Waals surface area contributed by atoms with E-state index in [1.54, 1.807) is 11.8 Å². The van der Waals surface area contributed by atoms with E-state index in [0.29, 0.717) is 16.3 Å². The third kappa shape index (κ3) is 3.91. The molecule has 1 atom stereocenters. The highest BCUT2D eigenvalue weighted by molar-refractivity contribution is 9.10. The molecule has 1 aliphatic rings. The quantitative estimate of drug-likeness (QED) is 0.871.